The van der Waals surface area contributed by atoms with Crippen molar-refractivity contribution < 1.29 is 9.15 Å². The quantitative estimate of drug-likeness (QED) is 0.695. The Balaban J connectivity index is 2.26. The average molecular weight is 239 g/mol. The molecule has 3 rings (SSSR count). The summed E-state index contributed by atoms with van der Waals surface area (Å²) in [5, 5.41) is 1.04. The fourth-order valence-electron chi connectivity index (χ4n) is 2.07. The lowest BCUT2D eigenvalue weighted by atomic mass is 10.1. The topological polar surface area (TPSA) is 35.3 Å². The number of hydrogen-bond acceptors (Lipinski definition) is 3. The van der Waals surface area contributed by atoms with Gasteiger partial charge >= 0.3 is 0 Å². The lowest BCUT2D eigenvalue weighted by Crippen LogP contribution is -1.94. The van der Waals surface area contributed by atoms with E-state index < -0.39 is 0 Å². The molecule has 0 saturated carbocycles. The van der Waals surface area contributed by atoms with Gasteiger partial charge in [-0.3, -0.25) is 4.98 Å². The average Bonchev–Trinajstić information content (AvgIpc) is 2.93. The molecule has 1 aromatic carbocycles. The summed E-state index contributed by atoms with van der Waals surface area (Å²) < 4.78 is 11.1. The first-order valence-corrected chi connectivity index (χ1v) is 5.94. The van der Waals surface area contributed by atoms with Crippen LogP contribution in [-0.2, 0) is 0 Å². The van der Waals surface area contributed by atoms with Gasteiger partial charge in [-0.05, 0) is 37.3 Å². The number of furan rings is 1. The molecule has 0 aliphatic heterocycles. The van der Waals surface area contributed by atoms with Crippen molar-refractivity contribution in [3.05, 3.63) is 48.9 Å². The minimum absolute atomic E-state index is 0.631. The van der Waals surface area contributed by atoms with Crippen LogP contribution in [0.4, 0.5) is 0 Å². The van der Waals surface area contributed by atoms with Crippen molar-refractivity contribution in [2.75, 3.05) is 6.61 Å². The van der Waals surface area contributed by atoms with Gasteiger partial charge in [0.1, 0.15) is 17.0 Å². The van der Waals surface area contributed by atoms with Crippen molar-refractivity contribution in [1.82, 2.24) is 4.98 Å². The summed E-state index contributed by atoms with van der Waals surface area (Å²) in [5.74, 6) is 1.65. The number of fused-ring (bicyclic) bond motifs is 1. The van der Waals surface area contributed by atoms with E-state index in [-0.39, 0.29) is 0 Å². The molecule has 18 heavy (non-hydrogen) atoms. The molecule has 0 atom stereocenters. The highest BCUT2D eigenvalue weighted by Gasteiger charge is 2.10. The predicted octanol–water partition coefficient (Wildman–Crippen LogP) is 3.89. The number of ether oxygens (including phenoxy) is 1. The maximum atomic E-state index is 5.60. The third-order valence-corrected chi connectivity index (χ3v) is 2.82. The van der Waals surface area contributed by atoms with Gasteiger partial charge in [0.15, 0.2) is 0 Å². The second-order valence-corrected chi connectivity index (χ2v) is 3.92. The first-order valence-electron chi connectivity index (χ1n) is 5.94. The molecule has 3 nitrogen and oxygen atoms in total. The summed E-state index contributed by atoms with van der Waals surface area (Å²) >= 11 is 0. The lowest BCUT2D eigenvalue weighted by Gasteiger charge is -2.09. The standard InChI is InChI=1S/C15H13NO2/c1-2-17-14-8-7-11(13-6-4-10-18-13)12-5-3-9-16-15(12)14/h3-10H,2H2,1H3. The summed E-state index contributed by atoms with van der Waals surface area (Å²) in [6.45, 7) is 2.60. The molecule has 3 aromatic rings. The predicted molar refractivity (Wildman–Crippen MR) is 70.6 cm³/mol. The zero-order valence-corrected chi connectivity index (χ0v) is 10.1. The van der Waals surface area contributed by atoms with E-state index >= 15 is 0 Å². The zero-order chi connectivity index (χ0) is 12.4. The first kappa shape index (κ1) is 10.8. The largest absolute Gasteiger partial charge is 0.492 e. The van der Waals surface area contributed by atoms with Gasteiger partial charge in [0.05, 0.1) is 12.9 Å². The maximum absolute atomic E-state index is 5.60. The third kappa shape index (κ3) is 1.74. The minimum atomic E-state index is 0.631. The number of hydrogen-bond donors (Lipinski definition) is 0. The second kappa shape index (κ2) is 4.53. The summed E-state index contributed by atoms with van der Waals surface area (Å²) in [7, 11) is 0. The van der Waals surface area contributed by atoms with E-state index in [4.69, 9.17) is 9.15 Å². The Morgan fingerprint density at radius 1 is 1.17 bits per heavy atom. The second-order valence-electron chi connectivity index (χ2n) is 3.92. The molecular formula is C15H13NO2. The van der Waals surface area contributed by atoms with E-state index in [9.17, 15) is 0 Å². The molecule has 90 valence electrons. The summed E-state index contributed by atoms with van der Waals surface area (Å²) in [5.41, 5.74) is 1.90. The maximum Gasteiger partial charge on any atom is 0.145 e. The molecule has 0 aliphatic carbocycles. The first-order chi connectivity index (χ1) is 8.90. The summed E-state index contributed by atoms with van der Waals surface area (Å²) in [6.07, 6.45) is 3.45. The van der Waals surface area contributed by atoms with Crippen LogP contribution in [0, 0.1) is 0 Å². The lowest BCUT2D eigenvalue weighted by molar-refractivity contribution is 0.343. The number of benzene rings is 1. The Kier molecular flexibility index (Phi) is 2.73. The van der Waals surface area contributed by atoms with Crippen LogP contribution in [0.15, 0.2) is 53.3 Å². The van der Waals surface area contributed by atoms with Crippen molar-refractivity contribution in [3.63, 3.8) is 0 Å². The Morgan fingerprint density at radius 3 is 2.89 bits per heavy atom. The van der Waals surface area contributed by atoms with Crippen LogP contribution in [0.3, 0.4) is 0 Å². The number of nitrogens with zero attached hydrogens (tertiary/aromatic N) is 1. The fourth-order valence-corrected chi connectivity index (χ4v) is 2.07. The monoisotopic (exact) mass is 239 g/mol. The number of rotatable bonds is 3. The highest BCUT2D eigenvalue weighted by Crippen LogP contribution is 2.33. The molecule has 2 heterocycles. The molecule has 0 amide bonds. The van der Waals surface area contributed by atoms with Crippen molar-refractivity contribution >= 4 is 10.9 Å². The van der Waals surface area contributed by atoms with E-state index in [1.54, 1.807) is 12.5 Å². The van der Waals surface area contributed by atoms with Crippen molar-refractivity contribution in [2.45, 2.75) is 6.92 Å². The van der Waals surface area contributed by atoms with E-state index in [2.05, 4.69) is 4.98 Å². The molecule has 0 bridgehead atoms. The molecule has 2 aromatic heterocycles. The summed E-state index contributed by atoms with van der Waals surface area (Å²) in [6, 6.07) is 11.7. The van der Waals surface area contributed by atoms with E-state index in [0.29, 0.717) is 6.61 Å². The van der Waals surface area contributed by atoms with Gasteiger partial charge in [-0.25, -0.2) is 0 Å². The van der Waals surface area contributed by atoms with Gasteiger partial charge in [0, 0.05) is 17.1 Å². The van der Waals surface area contributed by atoms with Crippen LogP contribution in [0.2, 0.25) is 0 Å². The molecule has 3 heteroatoms. The van der Waals surface area contributed by atoms with E-state index in [0.717, 1.165) is 28.0 Å². The van der Waals surface area contributed by atoms with Crippen LogP contribution in [0.25, 0.3) is 22.2 Å². The number of pyridine rings is 1. The van der Waals surface area contributed by atoms with Crippen LogP contribution in [0.1, 0.15) is 6.92 Å². The Labute approximate surface area is 105 Å². The molecule has 0 spiro atoms. The van der Waals surface area contributed by atoms with Crippen molar-refractivity contribution in [1.29, 1.82) is 0 Å². The highest BCUT2D eigenvalue weighted by atomic mass is 16.5. The molecule has 0 unspecified atom stereocenters. The smallest absolute Gasteiger partial charge is 0.145 e. The minimum Gasteiger partial charge on any atom is -0.492 e. The molecule has 0 N–H and O–H groups in total. The fraction of sp³-hybridized carbons (Fsp3) is 0.133. The van der Waals surface area contributed by atoms with E-state index in [1.807, 2.05) is 43.3 Å². The van der Waals surface area contributed by atoms with Gasteiger partial charge in [-0.15, -0.1) is 0 Å². The molecule has 0 radical (unpaired) electrons. The normalized spacial score (nSPS) is 10.7. The SMILES string of the molecule is CCOc1ccc(-c2ccco2)c2cccnc12. The van der Waals surface area contributed by atoms with Gasteiger partial charge in [-0.1, -0.05) is 6.07 Å². The Bertz CT molecular complexity index is 659. The van der Waals surface area contributed by atoms with Gasteiger partial charge in [0.2, 0.25) is 0 Å². The van der Waals surface area contributed by atoms with Crippen molar-refractivity contribution in [2.24, 2.45) is 0 Å². The third-order valence-electron chi connectivity index (χ3n) is 2.82. The van der Waals surface area contributed by atoms with Crippen LogP contribution in [-0.4, -0.2) is 11.6 Å². The molecule has 0 saturated heterocycles. The van der Waals surface area contributed by atoms with Gasteiger partial charge in [-0.2, -0.15) is 0 Å². The van der Waals surface area contributed by atoms with Gasteiger partial charge in [0.25, 0.3) is 0 Å². The molecular weight excluding hydrogens is 226 g/mol. The molecule has 0 aliphatic rings. The molecule has 0 fully saturated rings. The van der Waals surface area contributed by atoms with Crippen LogP contribution >= 0.6 is 0 Å². The Hall–Kier alpha value is -2.29. The van der Waals surface area contributed by atoms with Crippen LogP contribution < -0.4 is 4.74 Å². The van der Waals surface area contributed by atoms with E-state index in [1.165, 1.54) is 0 Å². The zero-order valence-electron chi connectivity index (χ0n) is 10.1. The Morgan fingerprint density at radius 2 is 2.11 bits per heavy atom. The van der Waals surface area contributed by atoms with Crippen molar-refractivity contribution in [3.8, 4) is 17.1 Å². The van der Waals surface area contributed by atoms with Gasteiger partial charge < -0.3 is 9.15 Å². The summed E-state index contributed by atoms with van der Waals surface area (Å²) in [4.78, 5) is 4.40. The van der Waals surface area contributed by atoms with Crippen LogP contribution in [0.5, 0.6) is 5.75 Å². The highest BCUT2D eigenvalue weighted by molar-refractivity contribution is 5.96. The number of aromatic nitrogens is 1.